The molecule has 0 radical (unpaired) electrons. The van der Waals surface area contributed by atoms with E-state index in [4.69, 9.17) is 0 Å². The summed E-state index contributed by atoms with van der Waals surface area (Å²) < 4.78 is 0. The van der Waals surface area contributed by atoms with E-state index >= 15 is 0 Å². The molecule has 7 heteroatoms. The highest BCUT2D eigenvalue weighted by Crippen LogP contribution is 2.31. The first-order valence-electron chi connectivity index (χ1n) is 8.31. The molecule has 3 amide bonds. The van der Waals surface area contributed by atoms with Crippen molar-refractivity contribution in [3.63, 3.8) is 0 Å². The van der Waals surface area contributed by atoms with Crippen LogP contribution in [0.25, 0.3) is 0 Å². The third kappa shape index (κ3) is 4.02. The molecule has 0 aromatic carbocycles. The van der Waals surface area contributed by atoms with Crippen molar-refractivity contribution in [1.29, 1.82) is 0 Å². The number of carbonyl (C=O) groups excluding carboxylic acids is 2. The average Bonchev–Trinajstić information content (AvgIpc) is 3.32. The molecular formula is C16H24N4O2S. The van der Waals surface area contributed by atoms with Crippen molar-refractivity contribution >= 4 is 23.3 Å². The van der Waals surface area contributed by atoms with Crippen LogP contribution in [0.4, 0.5) is 4.79 Å². The summed E-state index contributed by atoms with van der Waals surface area (Å²) in [6, 6.07) is -0.153. The second-order valence-corrected chi connectivity index (χ2v) is 7.33. The van der Waals surface area contributed by atoms with E-state index in [-0.39, 0.29) is 23.9 Å². The maximum absolute atomic E-state index is 12.5. The molecule has 2 heterocycles. The number of hydrogen-bond acceptors (Lipinski definition) is 4. The fourth-order valence-electron chi connectivity index (χ4n) is 2.84. The first-order chi connectivity index (χ1) is 11.0. The Morgan fingerprint density at radius 2 is 1.96 bits per heavy atom. The van der Waals surface area contributed by atoms with Gasteiger partial charge in [-0.1, -0.05) is 0 Å². The van der Waals surface area contributed by atoms with Gasteiger partial charge in [-0.2, -0.15) is 0 Å². The summed E-state index contributed by atoms with van der Waals surface area (Å²) in [5, 5.41) is 5.94. The van der Waals surface area contributed by atoms with Crippen molar-refractivity contribution < 1.29 is 9.59 Å². The van der Waals surface area contributed by atoms with Gasteiger partial charge in [0, 0.05) is 43.2 Å². The monoisotopic (exact) mass is 336 g/mol. The Hall–Kier alpha value is -1.63. The van der Waals surface area contributed by atoms with Gasteiger partial charge in [0.15, 0.2) is 0 Å². The summed E-state index contributed by atoms with van der Waals surface area (Å²) in [5.74, 6) is 0.530. The zero-order chi connectivity index (χ0) is 16.4. The molecule has 2 fully saturated rings. The van der Waals surface area contributed by atoms with E-state index in [1.165, 1.54) is 0 Å². The predicted molar refractivity (Wildman–Crippen MR) is 89.3 cm³/mol. The predicted octanol–water partition coefficient (Wildman–Crippen LogP) is 2.17. The van der Waals surface area contributed by atoms with E-state index in [2.05, 4.69) is 10.3 Å². The smallest absolute Gasteiger partial charge is 0.318 e. The molecule has 0 unspecified atom stereocenters. The second-order valence-electron chi connectivity index (χ2n) is 6.44. The van der Waals surface area contributed by atoms with Gasteiger partial charge in [0.1, 0.15) is 5.01 Å². The quantitative estimate of drug-likeness (QED) is 0.920. The van der Waals surface area contributed by atoms with Gasteiger partial charge in [0.05, 0.1) is 6.04 Å². The van der Waals surface area contributed by atoms with Crippen LogP contribution in [0.5, 0.6) is 0 Å². The lowest BCUT2D eigenvalue weighted by Crippen LogP contribution is -2.43. The summed E-state index contributed by atoms with van der Waals surface area (Å²) in [4.78, 5) is 32.8. The van der Waals surface area contributed by atoms with Crippen LogP contribution in [-0.4, -0.2) is 52.9 Å². The zero-order valence-corrected chi connectivity index (χ0v) is 14.6. The second kappa shape index (κ2) is 6.86. The summed E-state index contributed by atoms with van der Waals surface area (Å²) in [7, 11) is 0. The van der Waals surface area contributed by atoms with Crippen molar-refractivity contribution in [3.8, 4) is 0 Å². The minimum absolute atomic E-state index is 0.0638. The average molecular weight is 336 g/mol. The number of aryl methyl sites for hydroxylation is 1. The van der Waals surface area contributed by atoms with Crippen molar-refractivity contribution in [3.05, 3.63) is 16.1 Å². The SMILES string of the molecule is Cc1csc([C@H](C)NC(=O)N2CCCN(C(=O)C3CC3)CC2)n1. The minimum Gasteiger partial charge on any atom is -0.341 e. The van der Waals surface area contributed by atoms with E-state index < -0.39 is 0 Å². The van der Waals surface area contributed by atoms with Crippen LogP contribution in [0, 0.1) is 12.8 Å². The molecule has 0 bridgehead atoms. The highest BCUT2D eigenvalue weighted by molar-refractivity contribution is 7.09. The number of hydrogen-bond donors (Lipinski definition) is 1. The maximum atomic E-state index is 12.5. The highest BCUT2D eigenvalue weighted by atomic mass is 32.1. The molecule has 1 saturated carbocycles. The van der Waals surface area contributed by atoms with Gasteiger partial charge in [-0.25, -0.2) is 9.78 Å². The molecule has 1 saturated heterocycles. The third-order valence-corrected chi connectivity index (χ3v) is 5.51. The molecule has 126 valence electrons. The number of thiazole rings is 1. The first kappa shape index (κ1) is 16.2. The van der Waals surface area contributed by atoms with E-state index in [9.17, 15) is 9.59 Å². The normalized spacial score (nSPS) is 20.1. The van der Waals surface area contributed by atoms with Crippen molar-refractivity contribution in [2.24, 2.45) is 5.92 Å². The number of urea groups is 1. The van der Waals surface area contributed by atoms with Gasteiger partial charge >= 0.3 is 6.03 Å². The van der Waals surface area contributed by atoms with Crippen LogP contribution in [0.3, 0.4) is 0 Å². The lowest BCUT2D eigenvalue weighted by Gasteiger charge is -2.24. The van der Waals surface area contributed by atoms with Gasteiger partial charge < -0.3 is 15.1 Å². The molecule has 2 aliphatic rings. The van der Waals surface area contributed by atoms with Crippen molar-refractivity contribution in [1.82, 2.24) is 20.1 Å². The topological polar surface area (TPSA) is 65.5 Å². The fraction of sp³-hybridized carbons (Fsp3) is 0.688. The Kier molecular flexibility index (Phi) is 4.84. The Morgan fingerprint density at radius 3 is 2.61 bits per heavy atom. The molecule has 6 nitrogen and oxygen atoms in total. The number of nitrogens with one attached hydrogen (secondary N) is 1. The minimum atomic E-state index is -0.0892. The zero-order valence-electron chi connectivity index (χ0n) is 13.7. The van der Waals surface area contributed by atoms with Crippen molar-refractivity contribution in [2.75, 3.05) is 26.2 Å². The molecule has 23 heavy (non-hydrogen) atoms. The molecule has 1 aliphatic carbocycles. The van der Waals surface area contributed by atoms with Crippen LogP contribution in [-0.2, 0) is 4.79 Å². The van der Waals surface area contributed by atoms with Crippen LogP contribution in [0.1, 0.15) is 42.9 Å². The molecule has 1 aliphatic heterocycles. The number of amides is 3. The molecule has 1 N–H and O–H groups in total. The van der Waals surface area contributed by atoms with E-state index in [1.807, 2.05) is 29.0 Å². The lowest BCUT2D eigenvalue weighted by atomic mass is 10.3. The van der Waals surface area contributed by atoms with Gasteiger partial charge in [0.25, 0.3) is 0 Å². The summed E-state index contributed by atoms with van der Waals surface area (Å²) >= 11 is 1.57. The Balaban J connectivity index is 1.52. The van der Waals surface area contributed by atoms with Gasteiger partial charge in [-0.05, 0) is 33.1 Å². The number of nitrogens with zero attached hydrogens (tertiary/aromatic N) is 3. The van der Waals surface area contributed by atoms with Gasteiger partial charge in [-0.15, -0.1) is 11.3 Å². The molecule has 1 aromatic rings. The summed E-state index contributed by atoms with van der Waals surface area (Å²) in [5.41, 5.74) is 0.982. The summed E-state index contributed by atoms with van der Waals surface area (Å²) in [6.07, 6.45) is 2.91. The molecular weight excluding hydrogens is 312 g/mol. The largest absolute Gasteiger partial charge is 0.341 e. The van der Waals surface area contributed by atoms with Crippen LogP contribution >= 0.6 is 11.3 Å². The lowest BCUT2D eigenvalue weighted by molar-refractivity contribution is -0.132. The Morgan fingerprint density at radius 1 is 1.26 bits per heavy atom. The first-order valence-corrected chi connectivity index (χ1v) is 9.19. The van der Waals surface area contributed by atoms with Crippen LogP contribution in [0.15, 0.2) is 5.38 Å². The molecule has 0 spiro atoms. The number of carbonyl (C=O) groups is 2. The fourth-order valence-corrected chi connectivity index (χ4v) is 3.64. The van der Waals surface area contributed by atoms with E-state index in [0.717, 1.165) is 36.5 Å². The third-order valence-electron chi connectivity index (χ3n) is 4.37. The maximum Gasteiger partial charge on any atom is 0.318 e. The standard InChI is InChI=1S/C16H24N4O2S/c1-11-10-23-14(17-11)12(2)18-16(22)20-7-3-6-19(8-9-20)15(21)13-4-5-13/h10,12-13H,3-9H2,1-2H3,(H,18,22)/t12-/m0/s1. The number of rotatable bonds is 3. The van der Waals surface area contributed by atoms with E-state index in [0.29, 0.717) is 19.6 Å². The highest BCUT2D eigenvalue weighted by Gasteiger charge is 2.34. The molecule has 1 aromatic heterocycles. The Labute approximate surface area is 140 Å². The Bertz CT molecular complexity index is 584. The summed E-state index contributed by atoms with van der Waals surface area (Å²) in [6.45, 7) is 6.62. The van der Waals surface area contributed by atoms with Crippen LogP contribution < -0.4 is 5.32 Å². The molecule has 3 rings (SSSR count). The molecule has 1 atom stereocenters. The van der Waals surface area contributed by atoms with Gasteiger partial charge in [-0.3, -0.25) is 4.79 Å². The number of aromatic nitrogens is 1. The van der Waals surface area contributed by atoms with Crippen LogP contribution in [0.2, 0.25) is 0 Å². The van der Waals surface area contributed by atoms with Gasteiger partial charge in [0.2, 0.25) is 5.91 Å². The van der Waals surface area contributed by atoms with E-state index in [1.54, 1.807) is 11.3 Å². The van der Waals surface area contributed by atoms with Crippen molar-refractivity contribution in [2.45, 2.75) is 39.2 Å².